The van der Waals surface area contributed by atoms with Crippen LogP contribution in [0.15, 0.2) is 65.7 Å². The average molecular weight is 433 g/mol. The first kappa shape index (κ1) is 21.3. The molecule has 0 fully saturated rings. The lowest BCUT2D eigenvalue weighted by Gasteiger charge is -2.33. The van der Waals surface area contributed by atoms with Crippen molar-refractivity contribution in [3.8, 4) is 22.3 Å². The zero-order valence-corrected chi connectivity index (χ0v) is 18.6. The third kappa shape index (κ3) is 3.68. The second-order valence-electron chi connectivity index (χ2n) is 8.34. The molecule has 1 atom stereocenters. The molecule has 0 spiro atoms. The molecule has 4 heterocycles. The van der Waals surface area contributed by atoms with Crippen LogP contribution in [0.1, 0.15) is 23.1 Å². The summed E-state index contributed by atoms with van der Waals surface area (Å²) in [6.07, 6.45) is 7.40. The number of hydrogen-bond donors (Lipinski definition) is 1. The number of benzene rings is 1. The molecule has 0 saturated carbocycles. The molecule has 160 valence electrons. The van der Waals surface area contributed by atoms with Crippen molar-refractivity contribution in [2.45, 2.75) is 25.3 Å². The zero-order valence-electron chi connectivity index (χ0n) is 18.6. The maximum Gasteiger partial charge on any atom is 0.141 e. The van der Waals surface area contributed by atoms with E-state index in [9.17, 15) is 5.11 Å². The fourth-order valence-electron chi connectivity index (χ4n) is 4.43. The van der Waals surface area contributed by atoms with Crippen molar-refractivity contribution in [3.05, 3.63) is 78.2 Å². The summed E-state index contributed by atoms with van der Waals surface area (Å²) in [6.45, 7) is 3.76. The van der Waals surface area contributed by atoms with Crippen molar-refractivity contribution < 1.29 is 9.63 Å². The summed E-state index contributed by atoms with van der Waals surface area (Å²) in [6, 6.07) is 10.7. The molecule has 9 heteroatoms. The summed E-state index contributed by atoms with van der Waals surface area (Å²) in [5, 5.41) is 17.2. The van der Waals surface area contributed by atoms with Crippen LogP contribution in [0, 0.1) is 13.8 Å². The van der Waals surface area contributed by atoms with Crippen molar-refractivity contribution >= 4 is 26.7 Å². The van der Waals surface area contributed by atoms with Crippen LogP contribution in [0.5, 0.6) is 0 Å². The van der Waals surface area contributed by atoms with E-state index >= 15 is 0 Å². The van der Waals surface area contributed by atoms with Crippen LogP contribution >= 0.6 is 0 Å². The van der Waals surface area contributed by atoms with Gasteiger partial charge in [0.2, 0.25) is 0 Å². The van der Waals surface area contributed by atoms with Crippen LogP contribution < -0.4 is 0 Å². The zero-order chi connectivity index (χ0) is 23.3. The highest BCUT2D eigenvalue weighted by Crippen LogP contribution is 2.38. The predicted octanol–water partition coefficient (Wildman–Crippen LogP) is 3.28. The van der Waals surface area contributed by atoms with Gasteiger partial charge in [0, 0.05) is 53.3 Å². The molecule has 1 unspecified atom stereocenters. The van der Waals surface area contributed by atoms with Gasteiger partial charge in [0.1, 0.15) is 21.5 Å². The highest BCUT2D eigenvalue weighted by molar-refractivity contribution is 6.39. The summed E-state index contributed by atoms with van der Waals surface area (Å²) < 4.78 is 8.97. The molecule has 4 aromatic heterocycles. The van der Waals surface area contributed by atoms with E-state index in [1.807, 2.05) is 74.3 Å². The van der Waals surface area contributed by atoms with Gasteiger partial charge >= 0.3 is 0 Å². The molecule has 0 aliphatic carbocycles. The van der Waals surface area contributed by atoms with E-state index in [4.69, 9.17) is 25.2 Å². The topological polar surface area (TPSA) is 81.9 Å². The van der Waals surface area contributed by atoms with Crippen LogP contribution in [0.2, 0.25) is 0 Å². The normalized spacial score (nSPS) is 13.0. The molecule has 1 N–H and O–H groups in total. The van der Waals surface area contributed by atoms with Crippen LogP contribution in [-0.2, 0) is 7.05 Å². The molecule has 5 aromatic rings. The van der Waals surface area contributed by atoms with Crippen molar-refractivity contribution in [2.75, 3.05) is 0 Å². The molecule has 0 saturated heterocycles. The Morgan fingerprint density at radius 1 is 1.06 bits per heavy atom. The molecule has 0 bridgehead atoms. The highest BCUT2D eigenvalue weighted by atomic mass is 16.5. The van der Waals surface area contributed by atoms with Crippen molar-refractivity contribution in [3.63, 3.8) is 0 Å². The lowest BCUT2D eigenvalue weighted by Crippen LogP contribution is -2.41. The third-order valence-electron chi connectivity index (χ3n) is 5.84. The summed E-state index contributed by atoms with van der Waals surface area (Å²) >= 11 is 0. The number of nitrogens with zero attached hydrogens (tertiary/aromatic N) is 5. The van der Waals surface area contributed by atoms with Gasteiger partial charge in [-0.1, -0.05) is 35.5 Å². The summed E-state index contributed by atoms with van der Waals surface area (Å²) in [5.41, 5.74) is 6.51. The largest absolute Gasteiger partial charge is 0.407 e. The summed E-state index contributed by atoms with van der Waals surface area (Å²) in [5.74, 6) is 0.702. The molecule has 33 heavy (non-hydrogen) atoms. The van der Waals surface area contributed by atoms with Crippen LogP contribution in [0.4, 0.5) is 0 Å². The Hall–Kier alpha value is -3.58. The summed E-state index contributed by atoms with van der Waals surface area (Å²) in [4.78, 5) is 4.79. The number of rotatable bonds is 5. The Morgan fingerprint density at radius 2 is 1.82 bits per heavy atom. The Bertz CT molecular complexity index is 1430. The van der Waals surface area contributed by atoms with E-state index < -0.39 is 11.4 Å². The van der Waals surface area contributed by atoms with E-state index in [1.165, 1.54) is 0 Å². The Labute approximate surface area is 193 Å². The third-order valence-corrected chi connectivity index (χ3v) is 5.84. The maximum absolute atomic E-state index is 10.8. The minimum atomic E-state index is -2.03. The maximum atomic E-state index is 10.8. The molecule has 0 aliphatic heterocycles. The predicted molar refractivity (Wildman–Crippen MR) is 128 cm³/mol. The van der Waals surface area contributed by atoms with Crippen molar-refractivity contribution in [1.82, 2.24) is 24.5 Å². The molecule has 7 nitrogen and oxygen atoms in total. The number of aromatic nitrogens is 5. The van der Waals surface area contributed by atoms with Crippen LogP contribution in [0.3, 0.4) is 0 Å². The standard InChI is InChI=1S/C24H21B2N5O2/c1-14-21(15(2)33-29-14)17-9-20-22(27-10-17)19(18-11-28-30(3)12-18)13-31(20)23(24(25,26)32)16-7-5-4-6-8-16/h4-13,23,32H,1-3H3. The first-order chi connectivity index (χ1) is 15.7. The van der Waals surface area contributed by atoms with E-state index in [0.717, 1.165) is 44.5 Å². The van der Waals surface area contributed by atoms with Crippen molar-refractivity contribution in [2.24, 2.45) is 7.05 Å². The van der Waals surface area contributed by atoms with Gasteiger partial charge in [0.05, 0.1) is 29.0 Å². The lowest BCUT2D eigenvalue weighted by atomic mass is 9.59. The number of aliphatic hydroxyl groups is 1. The van der Waals surface area contributed by atoms with Crippen LogP contribution in [0.25, 0.3) is 33.3 Å². The van der Waals surface area contributed by atoms with Gasteiger partial charge in [0.15, 0.2) is 0 Å². The molecule has 0 amide bonds. The fourth-order valence-corrected chi connectivity index (χ4v) is 4.43. The first-order valence-electron chi connectivity index (χ1n) is 10.5. The molecule has 4 radical (unpaired) electrons. The van der Waals surface area contributed by atoms with Gasteiger partial charge in [-0.15, -0.1) is 0 Å². The number of aryl methyl sites for hydroxylation is 3. The first-order valence-corrected chi connectivity index (χ1v) is 10.5. The average Bonchev–Trinajstić information content (AvgIpc) is 3.45. The minimum Gasteiger partial charge on any atom is -0.407 e. The second-order valence-corrected chi connectivity index (χ2v) is 8.34. The second kappa shape index (κ2) is 7.78. The van der Waals surface area contributed by atoms with Gasteiger partial charge in [0.25, 0.3) is 0 Å². The monoisotopic (exact) mass is 433 g/mol. The fraction of sp³-hybridized carbons (Fsp3) is 0.208. The van der Waals surface area contributed by atoms with Gasteiger partial charge < -0.3 is 14.2 Å². The highest BCUT2D eigenvalue weighted by Gasteiger charge is 2.31. The van der Waals surface area contributed by atoms with Gasteiger partial charge in [-0.25, -0.2) is 0 Å². The smallest absolute Gasteiger partial charge is 0.141 e. The number of hydrogen-bond acceptors (Lipinski definition) is 5. The Kier molecular flexibility index (Phi) is 5.01. The molecular formula is C24H21B2N5O2. The molecule has 0 aliphatic rings. The molecular weight excluding hydrogens is 412 g/mol. The lowest BCUT2D eigenvalue weighted by molar-refractivity contribution is 0.167. The minimum absolute atomic E-state index is 0.702. The van der Waals surface area contributed by atoms with Gasteiger partial charge in [-0.3, -0.25) is 9.67 Å². The molecule has 5 rings (SSSR count). The van der Waals surface area contributed by atoms with Gasteiger partial charge in [-0.2, -0.15) is 5.10 Å². The van der Waals surface area contributed by atoms with E-state index in [2.05, 4.69) is 10.3 Å². The van der Waals surface area contributed by atoms with E-state index in [-0.39, 0.29) is 0 Å². The van der Waals surface area contributed by atoms with Gasteiger partial charge in [-0.05, 0) is 25.5 Å². The van der Waals surface area contributed by atoms with E-state index in [1.54, 1.807) is 17.1 Å². The van der Waals surface area contributed by atoms with Crippen molar-refractivity contribution in [1.29, 1.82) is 0 Å². The number of fused-ring (bicyclic) bond motifs is 1. The molecule has 1 aromatic carbocycles. The number of pyridine rings is 1. The quantitative estimate of drug-likeness (QED) is 0.431. The van der Waals surface area contributed by atoms with E-state index in [0.29, 0.717) is 5.76 Å². The van der Waals surface area contributed by atoms with Crippen LogP contribution in [-0.4, -0.2) is 50.7 Å². The Morgan fingerprint density at radius 3 is 2.42 bits per heavy atom. The SMILES string of the molecule is [B]C([B])(O)C(c1ccccc1)n1cc(-c2cnn(C)c2)c2ncc(-c3c(C)noc3C)cc21. The summed E-state index contributed by atoms with van der Waals surface area (Å²) in [7, 11) is 14.1. The Balaban J connectivity index is 1.82.